The summed E-state index contributed by atoms with van der Waals surface area (Å²) in [4.78, 5) is 8.29. The lowest BCUT2D eigenvalue weighted by molar-refractivity contribution is -0.137. The van der Waals surface area contributed by atoms with E-state index in [1.807, 2.05) is 0 Å². The minimum atomic E-state index is -4.60. The number of aromatic nitrogens is 4. The first-order valence-corrected chi connectivity index (χ1v) is 10.6. The fourth-order valence-corrected chi connectivity index (χ4v) is 3.56. The molecule has 0 fully saturated rings. The molecule has 0 saturated carbocycles. The van der Waals surface area contributed by atoms with E-state index in [1.165, 1.54) is 25.3 Å². The number of rotatable bonds is 6. The molecule has 0 atom stereocenters. The molecule has 3 heterocycles. The number of halogens is 8. The highest BCUT2D eigenvalue weighted by Crippen LogP contribution is 2.37. The van der Waals surface area contributed by atoms with Gasteiger partial charge >= 0.3 is 6.18 Å². The van der Waals surface area contributed by atoms with Gasteiger partial charge in [-0.25, -0.2) is 13.8 Å². The highest BCUT2D eigenvalue weighted by Gasteiger charge is 2.32. The summed E-state index contributed by atoms with van der Waals surface area (Å²) >= 11 is 18.3. The Kier molecular flexibility index (Phi) is 6.38. The first kappa shape index (κ1) is 24.5. The van der Waals surface area contributed by atoms with Crippen molar-refractivity contribution in [3.63, 3.8) is 0 Å². The molecule has 0 aliphatic carbocycles. The maximum absolute atomic E-state index is 13.5. The van der Waals surface area contributed by atoms with E-state index in [0.717, 1.165) is 16.7 Å². The summed E-state index contributed by atoms with van der Waals surface area (Å²) in [6.45, 7) is 0.443. The number of imidazole rings is 1. The molecule has 0 amide bonds. The van der Waals surface area contributed by atoms with Gasteiger partial charge in [0.1, 0.15) is 11.4 Å². The lowest BCUT2D eigenvalue weighted by Gasteiger charge is -2.16. The number of hydrogen-bond acceptors (Lipinski definition) is 5. The smallest absolute Gasteiger partial charge is 0.417 e. The second-order valence-corrected chi connectivity index (χ2v) is 8.34. The van der Waals surface area contributed by atoms with Crippen LogP contribution in [-0.2, 0) is 6.18 Å². The van der Waals surface area contributed by atoms with E-state index in [9.17, 15) is 22.0 Å². The zero-order chi connectivity index (χ0) is 24.8. The second kappa shape index (κ2) is 8.86. The Bertz CT molecular complexity index is 1370. The van der Waals surface area contributed by atoms with Crippen LogP contribution in [0.15, 0.2) is 35.1 Å². The largest absolute Gasteiger partial charge is 0.486 e. The van der Waals surface area contributed by atoms with Gasteiger partial charge in [-0.2, -0.15) is 18.2 Å². The van der Waals surface area contributed by atoms with E-state index in [4.69, 9.17) is 44.1 Å². The molecule has 0 unspecified atom stereocenters. The normalized spacial score (nSPS) is 12.5. The van der Waals surface area contributed by atoms with Crippen LogP contribution in [0.3, 0.4) is 0 Å². The second-order valence-electron chi connectivity index (χ2n) is 7.12. The third kappa shape index (κ3) is 4.91. The molecular weight excluding hydrogens is 530 g/mol. The van der Waals surface area contributed by atoms with Gasteiger partial charge in [0.15, 0.2) is 12.3 Å². The number of alkyl halides is 5. The molecule has 3 aromatic heterocycles. The molecule has 0 saturated heterocycles. The van der Waals surface area contributed by atoms with Crippen molar-refractivity contribution in [2.45, 2.75) is 25.4 Å². The Morgan fingerprint density at radius 1 is 0.971 bits per heavy atom. The van der Waals surface area contributed by atoms with Crippen molar-refractivity contribution < 1.29 is 31.2 Å². The maximum atomic E-state index is 13.5. The number of fused-ring (bicyclic) bond motifs is 1. The minimum Gasteiger partial charge on any atom is -0.486 e. The zero-order valence-electron chi connectivity index (χ0n) is 16.9. The van der Waals surface area contributed by atoms with Gasteiger partial charge in [-0.3, -0.25) is 0 Å². The summed E-state index contributed by atoms with van der Waals surface area (Å²) in [6, 6.07) is 3.31. The topological polar surface area (TPSA) is 65.5 Å². The summed E-state index contributed by atoms with van der Waals surface area (Å²) in [5, 5.41) is 3.59. The molecule has 14 heteroatoms. The van der Waals surface area contributed by atoms with Crippen LogP contribution in [0.1, 0.15) is 18.9 Å². The third-order valence-electron chi connectivity index (χ3n) is 4.70. The van der Waals surface area contributed by atoms with Crippen LogP contribution < -0.4 is 4.74 Å². The van der Waals surface area contributed by atoms with E-state index >= 15 is 0 Å². The molecule has 0 radical (unpaired) electrons. The van der Waals surface area contributed by atoms with Crippen molar-refractivity contribution in [1.82, 2.24) is 19.5 Å². The SMILES string of the molecule is CCC(F)(F)COc1cc(Cl)c(-c2noc(-c3cn4cc(C(F)(F)F)cc(Cl)c4n3)n2)cc1Cl. The molecule has 1 aromatic carbocycles. The average Bonchev–Trinajstić information content (AvgIpc) is 3.41. The van der Waals surface area contributed by atoms with Crippen LogP contribution >= 0.6 is 34.8 Å². The molecule has 34 heavy (non-hydrogen) atoms. The van der Waals surface area contributed by atoms with Gasteiger partial charge in [0.05, 0.1) is 20.6 Å². The van der Waals surface area contributed by atoms with E-state index < -0.39 is 30.7 Å². The Morgan fingerprint density at radius 3 is 2.38 bits per heavy atom. The molecule has 6 nitrogen and oxygen atoms in total. The van der Waals surface area contributed by atoms with Crippen molar-refractivity contribution in [3.05, 3.63) is 51.2 Å². The minimum absolute atomic E-state index is 0.0168. The fourth-order valence-electron chi connectivity index (χ4n) is 2.85. The molecule has 0 bridgehead atoms. The van der Waals surface area contributed by atoms with Gasteiger partial charge in [-0.05, 0) is 12.1 Å². The zero-order valence-corrected chi connectivity index (χ0v) is 19.2. The summed E-state index contributed by atoms with van der Waals surface area (Å²) < 4.78 is 77.4. The van der Waals surface area contributed by atoms with Crippen molar-refractivity contribution in [2.75, 3.05) is 6.61 Å². The van der Waals surface area contributed by atoms with Gasteiger partial charge in [-0.15, -0.1) is 0 Å². The Balaban J connectivity index is 1.64. The lowest BCUT2D eigenvalue weighted by Crippen LogP contribution is -2.24. The van der Waals surface area contributed by atoms with Gasteiger partial charge in [0.2, 0.25) is 5.82 Å². The highest BCUT2D eigenvalue weighted by atomic mass is 35.5. The van der Waals surface area contributed by atoms with Crippen LogP contribution in [0, 0.1) is 0 Å². The average molecular weight is 542 g/mol. The number of hydrogen-bond donors (Lipinski definition) is 0. The number of ether oxygens (including phenoxy) is 1. The Morgan fingerprint density at radius 2 is 1.71 bits per heavy atom. The number of nitrogens with zero attached hydrogens (tertiary/aromatic N) is 4. The van der Waals surface area contributed by atoms with Crippen LogP contribution in [-0.4, -0.2) is 32.1 Å². The van der Waals surface area contributed by atoms with Gasteiger partial charge in [-0.1, -0.05) is 46.9 Å². The number of pyridine rings is 1. The van der Waals surface area contributed by atoms with Crippen LogP contribution in [0.2, 0.25) is 15.1 Å². The third-order valence-corrected chi connectivity index (χ3v) is 5.58. The standard InChI is InChI=1S/C20H12Cl3F5N4O2/c1-2-19(24,25)8-33-15-5-11(21)10(4-12(15)22)16-30-18(34-31-16)14-7-32-6-9(20(26,27)28)3-13(23)17(32)29-14/h3-7H,2,8H2,1H3. The molecule has 4 aromatic rings. The summed E-state index contributed by atoms with van der Waals surface area (Å²) in [5.41, 5.74) is -0.641. The number of benzene rings is 1. The van der Waals surface area contributed by atoms with E-state index in [1.54, 1.807) is 0 Å². The molecule has 0 N–H and O–H groups in total. The van der Waals surface area contributed by atoms with Crippen LogP contribution in [0.4, 0.5) is 22.0 Å². The van der Waals surface area contributed by atoms with Gasteiger partial charge in [0.25, 0.3) is 11.8 Å². The fraction of sp³-hybridized carbons (Fsp3) is 0.250. The van der Waals surface area contributed by atoms with Crippen molar-refractivity contribution in [3.8, 4) is 28.7 Å². The highest BCUT2D eigenvalue weighted by molar-refractivity contribution is 6.36. The van der Waals surface area contributed by atoms with Crippen molar-refractivity contribution in [2.24, 2.45) is 0 Å². The quantitative estimate of drug-likeness (QED) is 0.237. The monoisotopic (exact) mass is 540 g/mol. The molecule has 0 spiro atoms. The Hall–Kier alpha value is -2.63. The molecular formula is C20H12Cl3F5N4O2. The van der Waals surface area contributed by atoms with Crippen molar-refractivity contribution in [1.29, 1.82) is 0 Å². The predicted molar refractivity (Wildman–Crippen MR) is 115 cm³/mol. The summed E-state index contributed by atoms with van der Waals surface area (Å²) in [6.07, 6.45) is -2.94. The van der Waals surface area contributed by atoms with E-state index in [0.29, 0.717) is 0 Å². The molecule has 4 rings (SSSR count). The van der Waals surface area contributed by atoms with Gasteiger partial charge in [0, 0.05) is 30.4 Å². The predicted octanol–water partition coefficient (Wildman–Crippen LogP) is 7.45. The lowest BCUT2D eigenvalue weighted by atomic mass is 10.2. The summed E-state index contributed by atoms with van der Waals surface area (Å²) in [5.74, 6) is -3.23. The molecule has 180 valence electrons. The Labute approximate surface area is 203 Å². The van der Waals surface area contributed by atoms with Crippen LogP contribution in [0.25, 0.3) is 28.6 Å². The van der Waals surface area contributed by atoms with E-state index in [2.05, 4.69) is 15.1 Å². The van der Waals surface area contributed by atoms with E-state index in [-0.39, 0.29) is 49.4 Å². The van der Waals surface area contributed by atoms with Crippen LogP contribution in [0.5, 0.6) is 5.75 Å². The first-order chi connectivity index (χ1) is 15.9. The molecule has 0 aliphatic rings. The first-order valence-electron chi connectivity index (χ1n) is 9.47. The van der Waals surface area contributed by atoms with Crippen molar-refractivity contribution >= 4 is 40.4 Å². The molecule has 0 aliphatic heterocycles. The summed E-state index contributed by atoms with van der Waals surface area (Å²) in [7, 11) is 0. The van der Waals surface area contributed by atoms with Gasteiger partial charge < -0.3 is 13.7 Å². The maximum Gasteiger partial charge on any atom is 0.417 e.